The molecule has 0 bridgehead atoms. The molecule has 0 saturated carbocycles. The van der Waals surface area contributed by atoms with Crippen LogP contribution >= 0.6 is 7.60 Å². The summed E-state index contributed by atoms with van der Waals surface area (Å²) in [6.45, 7) is 10.8. The number of para-hydroxylation sites is 6. The Morgan fingerprint density at radius 3 is 1.52 bits per heavy atom. The van der Waals surface area contributed by atoms with Gasteiger partial charge in [-0.1, -0.05) is 36.4 Å². The van der Waals surface area contributed by atoms with Gasteiger partial charge in [-0.15, -0.1) is 0 Å². The van der Waals surface area contributed by atoms with Crippen molar-refractivity contribution in [3.8, 4) is 0 Å². The Labute approximate surface area is 269 Å². The van der Waals surface area contributed by atoms with Crippen LogP contribution in [0.5, 0.6) is 0 Å². The Kier molecular flexibility index (Phi) is 9.70. The SMILES string of the molecule is CCn1c(CC(CCCN(Cc2nc3ccccc3n2CC)Cc2nc3ccccc3n2CC)CP(=O)(O)O)nc2ccccc21. The number of imidazole rings is 3. The van der Waals surface area contributed by atoms with Crippen molar-refractivity contribution >= 4 is 40.7 Å². The van der Waals surface area contributed by atoms with Gasteiger partial charge in [0.2, 0.25) is 0 Å². The lowest BCUT2D eigenvalue weighted by Crippen LogP contribution is -2.28. The first kappa shape index (κ1) is 32.1. The average Bonchev–Trinajstić information content (AvgIpc) is 3.69. The fraction of sp³-hybridized carbons (Fsp3) is 0.400. The monoisotopic (exact) mass is 641 g/mol. The highest BCUT2D eigenvalue weighted by atomic mass is 31.2. The maximum absolute atomic E-state index is 12.3. The zero-order chi connectivity index (χ0) is 32.3. The molecule has 3 aromatic heterocycles. The molecule has 0 saturated heterocycles. The molecule has 11 heteroatoms. The molecule has 6 rings (SSSR count). The minimum atomic E-state index is -4.22. The number of benzene rings is 3. The van der Waals surface area contributed by atoms with Crippen LogP contribution in [0.2, 0.25) is 0 Å². The van der Waals surface area contributed by atoms with Crippen LogP contribution in [0.15, 0.2) is 72.8 Å². The predicted molar refractivity (Wildman–Crippen MR) is 184 cm³/mol. The van der Waals surface area contributed by atoms with E-state index in [-0.39, 0.29) is 12.1 Å². The molecule has 6 aromatic rings. The Hall–Kier alpha value is -3.82. The van der Waals surface area contributed by atoms with E-state index in [1.165, 1.54) is 0 Å². The highest BCUT2D eigenvalue weighted by molar-refractivity contribution is 7.51. The van der Waals surface area contributed by atoms with E-state index < -0.39 is 7.60 Å². The number of nitrogens with zero attached hydrogens (tertiary/aromatic N) is 7. The van der Waals surface area contributed by atoms with Gasteiger partial charge in [0, 0.05) is 26.1 Å². The molecule has 0 spiro atoms. The quantitative estimate of drug-likeness (QED) is 0.121. The number of hydrogen-bond donors (Lipinski definition) is 2. The summed E-state index contributed by atoms with van der Waals surface area (Å²) >= 11 is 0. The van der Waals surface area contributed by atoms with Crippen LogP contribution in [0.3, 0.4) is 0 Å². The molecule has 0 radical (unpaired) electrons. The second kappa shape index (κ2) is 13.9. The summed E-state index contributed by atoms with van der Waals surface area (Å²) in [6, 6.07) is 24.5. The van der Waals surface area contributed by atoms with Crippen LogP contribution in [0.4, 0.5) is 0 Å². The molecule has 3 heterocycles. The van der Waals surface area contributed by atoms with Gasteiger partial charge in [-0.05, 0) is 82.5 Å². The van der Waals surface area contributed by atoms with Crippen LogP contribution in [0.25, 0.3) is 33.1 Å². The van der Waals surface area contributed by atoms with Gasteiger partial charge in [0.1, 0.15) is 17.5 Å². The Morgan fingerprint density at radius 1 is 0.674 bits per heavy atom. The average molecular weight is 642 g/mol. The van der Waals surface area contributed by atoms with Gasteiger partial charge in [-0.2, -0.15) is 0 Å². The number of rotatable bonds is 15. The number of hydrogen-bond acceptors (Lipinski definition) is 5. The fourth-order valence-electron chi connectivity index (χ4n) is 6.90. The molecule has 46 heavy (non-hydrogen) atoms. The van der Waals surface area contributed by atoms with Crippen molar-refractivity contribution in [1.82, 2.24) is 33.6 Å². The minimum absolute atomic E-state index is 0.156. The summed E-state index contributed by atoms with van der Waals surface area (Å²) in [5.41, 5.74) is 6.19. The van der Waals surface area contributed by atoms with Gasteiger partial charge in [-0.25, -0.2) is 15.0 Å². The predicted octanol–water partition coefficient (Wildman–Crippen LogP) is 6.61. The lowest BCUT2D eigenvalue weighted by molar-refractivity contribution is 0.228. The van der Waals surface area contributed by atoms with Crippen molar-refractivity contribution in [3.63, 3.8) is 0 Å². The zero-order valence-electron chi connectivity index (χ0n) is 27.0. The lowest BCUT2D eigenvalue weighted by Gasteiger charge is -2.24. The van der Waals surface area contributed by atoms with Crippen molar-refractivity contribution in [2.24, 2.45) is 5.92 Å². The van der Waals surface area contributed by atoms with E-state index in [0.717, 1.165) is 83.2 Å². The van der Waals surface area contributed by atoms with Crippen molar-refractivity contribution < 1.29 is 14.4 Å². The second-order valence-electron chi connectivity index (χ2n) is 12.1. The highest BCUT2D eigenvalue weighted by Gasteiger charge is 2.25. The van der Waals surface area contributed by atoms with Gasteiger partial charge in [-0.3, -0.25) is 9.46 Å². The molecule has 1 atom stereocenters. The van der Waals surface area contributed by atoms with Crippen LogP contribution in [-0.2, 0) is 43.7 Å². The number of fused-ring (bicyclic) bond motifs is 3. The van der Waals surface area contributed by atoms with E-state index in [2.05, 4.69) is 81.8 Å². The Bertz CT molecular complexity index is 1900. The largest absolute Gasteiger partial charge is 0.328 e. The summed E-state index contributed by atoms with van der Waals surface area (Å²) in [5, 5.41) is 0. The Balaban J connectivity index is 1.26. The first-order valence-corrected chi connectivity index (χ1v) is 18.2. The normalized spacial score (nSPS) is 13.1. The molecule has 3 aromatic carbocycles. The molecule has 2 N–H and O–H groups in total. The molecule has 242 valence electrons. The highest BCUT2D eigenvalue weighted by Crippen LogP contribution is 2.39. The maximum Gasteiger partial charge on any atom is 0.325 e. The third-order valence-corrected chi connectivity index (χ3v) is 9.93. The van der Waals surface area contributed by atoms with Gasteiger partial charge in [0.05, 0.1) is 52.4 Å². The van der Waals surface area contributed by atoms with E-state index in [1.807, 2.05) is 30.3 Å². The van der Waals surface area contributed by atoms with Crippen molar-refractivity contribution in [2.75, 3.05) is 12.7 Å². The summed E-state index contributed by atoms with van der Waals surface area (Å²) < 4.78 is 19.0. The first-order valence-electron chi connectivity index (χ1n) is 16.4. The zero-order valence-corrected chi connectivity index (χ0v) is 27.9. The summed E-state index contributed by atoms with van der Waals surface area (Å²) in [6.07, 6.45) is 1.81. The molecule has 1 unspecified atom stereocenters. The fourth-order valence-corrected chi connectivity index (χ4v) is 7.89. The standard InChI is InChI=1S/C35H44N7O3P/c1-4-40-30-18-10-7-15-27(30)36-33(40)22-26(25-46(43,44)45)14-13-21-39(23-34-37-28-16-8-11-19-31(28)41(34)5-2)24-35-38-29-17-9-12-20-32(29)42(35)6-3/h7-12,15-20,26H,4-6,13-14,21-25H2,1-3H3,(H2,43,44,45). The smallest absolute Gasteiger partial charge is 0.325 e. The van der Waals surface area contributed by atoms with E-state index in [1.54, 1.807) is 0 Å². The van der Waals surface area contributed by atoms with E-state index in [9.17, 15) is 14.4 Å². The van der Waals surface area contributed by atoms with E-state index in [4.69, 9.17) is 15.0 Å². The summed E-state index contributed by atoms with van der Waals surface area (Å²) in [5.74, 6) is 2.69. The van der Waals surface area contributed by atoms with Crippen molar-refractivity contribution in [3.05, 3.63) is 90.3 Å². The van der Waals surface area contributed by atoms with E-state index in [0.29, 0.717) is 25.9 Å². The Morgan fingerprint density at radius 2 is 1.09 bits per heavy atom. The minimum Gasteiger partial charge on any atom is -0.328 e. The van der Waals surface area contributed by atoms with Gasteiger partial charge >= 0.3 is 7.60 Å². The lowest BCUT2D eigenvalue weighted by atomic mass is 10.0. The molecule has 0 aliphatic carbocycles. The molecule has 0 amide bonds. The first-order chi connectivity index (χ1) is 22.3. The molecular weight excluding hydrogens is 597 g/mol. The van der Waals surface area contributed by atoms with E-state index >= 15 is 0 Å². The number of aryl methyl sites for hydroxylation is 3. The third-order valence-electron chi connectivity index (χ3n) is 8.93. The third kappa shape index (κ3) is 6.95. The topological polar surface area (TPSA) is 114 Å². The summed E-state index contributed by atoms with van der Waals surface area (Å²) in [4.78, 5) is 37.4. The van der Waals surface area contributed by atoms with Gasteiger partial charge in [0.25, 0.3) is 0 Å². The van der Waals surface area contributed by atoms with Crippen LogP contribution in [0.1, 0.15) is 51.1 Å². The maximum atomic E-state index is 12.3. The van der Waals surface area contributed by atoms with Crippen molar-refractivity contribution in [1.29, 1.82) is 0 Å². The van der Waals surface area contributed by atoms with Gasteiger partial charge < -0.3 is 23.5 Å². The molecule has 10 nitrogen and oxygen atoms in total. The second-order valence-corrected chi connectivity index (χ2v) is 13.7. The molecule has 0 aliphatic rings. The molecule has 0 aliphatic heterocycles. The molecular formula is C35H44N7O3P. The van der Waals surface area contributed by atoms with Crippen molar-refractivity contribution in [2.45, 2.75) is 72.8 Å². The number of aromatic nitrogens is 6. The molecule has 0 fully saturated rings. The van der Waals surface area contributed by atoms with Gasteiger partial charge in [0.15, 0.2) is 0 Å². The van der Waals surface area contributed by atoms with Crippen LogP contribution < -0.4 is 0 Å². The van der Waals surface area contributed by atoms with Crippen LogP contribution in [0, 0.1) is 5.92 Å². The summed E-state index contributed by atoms with van der Waals surface area (Å²) in [7, 11) is -4.22. The van der Waals surface area contributed by atoms with Crippen LogP contribution in [-0.4, -0.2) is 56.0 Å².